The van der Waals surface area contributed by atoms with Gasteiger partial charge in [0.05, 0.1) is 25.2 Å². The highest BCUT2D eigenvalue weighted by atomic mass is 16.5. The molecular weight excluding hydrogens is 755 g/mol. The van der Waals surface area contributed by atoms with E-state index in [1.165, 1.54) is 173 Å². The van der Waals surface area contributed by atoms with Crippen LogP contribution in [0.5, 0.6) is 0 Å². The van der Waals surface area contributed by atoms with Crippen molar-refractivity contribution in [2.75, 3.05) is 6.61 Å². The summed E-state index contributed by atoms with van der Waals surface area (Å²) < 4.78 is 5.93. The number of aliphatic hydroxyl groups excluding tert-OH is 2. The third kappa shape index (κ3) is 44.7. The highest BCUT2D eigenvalue weighted by Gasteiger charge is 2.24. The van der Waals surface area contributed by atoms with Crippen molar-refractivity contribution in [1.29, 1.82) is 0 Å². The summed E-state index contributed by atoms with van der Waals surface area (Å²) in [5.41, 5.74) is 0. The fourth-order valence-corrected chi connectivity index (χ4v) is 8.42. The molecule has 6 heteroatoms. The predicted octanol–water partition coefficient (Wildman–Crippen LogP) is 16.3. The Labute approximate surface area is 380 Å². The van der Waals surface area contributed by atoms with Crippen LogP contribution in [0.15, 0.2) is 24.3 Å². The van der Waals surface area contributed by atoms with Crippen molar-refractivity contribution in [3.63, 3.8) is 0 Å². The van der Waals surface area contributed by atoms with Gasteiger partial charge in [-0.25, -0.2) is 0 Å². The van der Waals surface area contributed by atoms with Crippen LogP contribution in [0.4, 0.5) is 0 Å². The van der Waals surface area contributed by atoms with Gasteiger partial charge in [-0.2, -0.15) is 0 Å². The molecule has 0 rings (SSSR count). The molecule has 0 aliphatic carbocycles. The number of ether oxygens (including phenoxy) is 1. The van der Waals surface area contributed by atoms with Crippen LogP contribution < -0.4 is 5.32 Å². The SMILES string of the molecule is CCCCC/C=C/C=C/CCCCCCC(CC(=O)NC(CO)C(O)CCCCCCCCCCCCCCCCC)OC(=O)CCCCCCCCCCCCCCCC. The zero-order valence-electron chi connectivity index (χ0n) is 41.1. The lowest BCUT2D eigenvalue weighted by Gasteiger charge is -2.24. The Balaban J connectivity index is 4.53. The summed E-state index contributed by atoms with van der Waals surface area (Å²) in [5.74, 6) is -0.478. The molecule has 0 aromatic carbocycles. The highest BCUT2D eigenvalue weighted by Crippen LogP contribution is 2.18. The fourth-order valence-electron chi connectivity index (χ4n) is 8.42. The molecule has 0 heterocycles. The van der Waals surface area contributed by atoms with Crippen LogP contribution in [0, 0.1) is 0 Å². The Morgan fingerprint density at radius 1 is 0.475 bits per heavy atom. The van der Waals surface area contributed by atoms with Crippen molar-refractivity contribution in [3.05, 3.63) is 24.3 Å². The van der Waals surface area contributed by atoms with Gasteiger partial charge in [0.1, 0.15) is 6.10 Å². The van der Waals surface area contributed by atoms with E-state index in [1.807, 2.05) is 0 Å². The summed E-state index contributed by atoms with van der Waals surface area (Å²) in [6, 6.07) is -0.703. The molecule has 0 bridgehead atoms. The number of carbonyl (C=O) groups is 2. The number of esters is 1. The fraction of sp³-hybridized carbons (Fsp3) is 0.891. The van der Waals surface area contributed by atoms with Crippen molar-refractivity contribution < 1.29 is 24.5 Å². The summed E-state index contributed by atoms with van der Waals surface area (Å²) in [5, 5.41) is 23.8. The molecule has 1 amide bonds. The maximum absolute atomic E-state index is 13.2. The van der Waals surface area contributed by atoms with E-state index >= 15 is 0 Å². The van der Waals surface area contributed by atoms with Crippen LogP contribution in [0.1, 0.15) is 290 Å². The van der Waals surface area contributed by atoms with Crippen LogP contribution in [-0.2, 0) is 14.3 Å². The molecule has 0 aromatic heterocycles. The van der Waals surface area contributed by atoms with E-state index in [4.69, 9.17) is 4.74 Å². The van der Waals surface area contributed by atoms with Crippen LogP contribution in [0.2, 0.25) is 0 Å². The second kappa shape index (κ2) is 49.4. The first-order chi connectivity index (χ1) is 30.0. The lowest BCUT2D eigenvalue weighted by Crippen LogP contribution is -2.46. The second-order valence-electron chi connectivity index (χ2n) is 18.7. The molecular formula is C55H105NO5. The summed E-state index contributed by atoms with van der Waals surface area (Å²) in [6.45, 7) is 6.47. The van der Waals surface area contributed by atoms with Crippen molar-refractivity contribution in [3.8, 4) is 0 Å². The Bertz CT molecular complexity index is 966. The topological polar surface area (TPSA) is 95.9 Å². The quantitative estimate of drug-likeness (QED) is 0.0322. The maximum Gasteiger partial charge on any atom is 0.306 e. The van der Waals surface area contributed by atoms with Crippen molar-refractivity contribution in [1.82, 2.24) is 5.32 Å². The Morgan fingerprint density at radius 3 is 1.25 bits per heavy atom. The van der Waals surface area contributed by atoms with Gasteiger partial charge in [0.15, 0.2) is 0 Å². The molecule has 360 valence electrons. The first kappa shape index (κ1) is 59.3. The van der Waals surface area contributed by atoms with E-state index in [1.54, 1.807) is 0 Å². The number of carbonyl (C=O) groups excluding carboxylic acids is 2. The lowest BCUT2D eigenvalue weighted by molar-refractivity contribution is -0.151. The molecule has 6 nitrogen and oxygen atoms in total. The van der Waals surface area contributed by atoms with Crippen molar-refractivity contribution >= 4 is 11.9 Å². The molecule has 3 unspecified atom stereocenters. The molecule has 3 N–H and O–H groups in total. The highest BCUT2D eigenvalue weighted by molar-refractivity contribution is 5.77. The van der Waals surface area contributed by atoms with Gasteiger partial charge in [0, 0.05) is 6.42 Å². The predicted molar refractivity (Wildman–Crippen MR) is 264 cm³/mol. The lowest BCUT2D eigenvalue weighted by atomic mass is 10.0. The van der Waals surface area contributed by atoms with Crippen LogP contribution in [0.3, 0.4) is 0 Å². The van der Waals surface area contributed by atoms with E-state index < -0.39 is 18.2 Å². The van der Waals surface area contributed by atoms with Gasteiger partial charge in [-0.15, -0.1) is 0 Å². The summed E-state index contributed by atoms with van der Waals surface area (Å²) in [4.78, 5) is 26.2. The molecule has 0 saturated heterocycles. The minimum absolute atomic E-state index is 0.0694. The van der Waals surface area contributed by atoms with Gasteiger partial charge in [0.2, 0.25) is 5.91 Å². The minimum atomic E-state index is -0.789. The Hall–Kier alpha value is -1.66. The molecule has 0 saturated carbocycles. The van der Waals surface area contributed by atoms with E-state index in [0.717, 1.165) is 70.6 Å². The maximum atomic E-state index is 13.2. The van der Waals surface area contributed by atoms with Gasteiger partial charge < -0.3 is 20.3 Å². The summed E-state index contributed by atoms with van der Waals surface area (Å²) in [6.07, 6.45) is 56.6. The van der Waals surface area contributed by atoms with Gasteiger partial charge in [-0.05, 0) is 51.4 Å². The molecule has 0 radical (unpaired) electrons. The van der Waals surface area contributed by atoms with Gasteiger partial charge in [-0.1, -0.05) is 251 Å². The number of nitrogens with one attached hydrogen (secondary N) is 1. The number of aliphatic hydroxyl groups is 2. The van der Waals surface area contributed by atoms with Crippen LogP contribution >= 0.6 is 0 Å². The molecule has 0 aliphatic heterocycles. The Kier molecular flexibility index (Phi) is 48.0. The second-order valence-corrected chi connectivity index (χ2v) is 18.7. The smallest absolute Gasteiger partial charge is 0.306 e. The number of allylic oxidation sites excluding steroid dienone is 4. The number of rotatable bonds is 49. The van der Waals surface area contributed by atoms with E-state index in [2.05, 4.69) is 50.4 Å². The molecule has 0 spiro atoms. The first-order valence-corrected chi connectivity index (χ1v) is 27.1. The Morgan fingerprint density at radius 2 is 0.820 bits per heavy atom. The molecule has 0 aromatic rings. The number of hydrogen-bond donors (Lipinski definition) is 3. The van der Waals surface area contributed by atoms with Crippen molar-refractivity contribution in [2.45, 2.75) is 309 Å². The normalized spacial score (nSPS) is 13.3. The van der Waals surface area contributed by atoms with E-state index in [9.17, 15) is 19.8 Å². The summed E-state index contributed by atoms with van der Waals surface area (Å²) in [7, 11) is 0. The number of unbranched alkanes of at least 4 members (excludes halogenated alkanes) is 34. The van der Waals surface area contributed by atoms with E-state index in [0.29, 0.717) is 19.3 Å². The van der Waals surface area contributed by atoms with Crippen LogP contribution in [0.25, 0.3) is 0 Å². The van der Waals surface area contributed by atoms with Gasteiger partial charge in [0.25, 0.3) is 0 Å². The molecule has 3 atom stereocenters. The van der Waals surface area contributed by atoms with Crippen LogP contribution in [-0.4, -0.2) is 46.9 Å². The average molecular weight is 860 g/mol. The van der Waals surface area contributed by atoms with Gasteiger partial charge in [-0.3, -0.25) is 9.59 Å². The third-order valence-electron chi connectivity index (χ3n) is 12.6. The van der Waals surface area contributed by atoms with Gasteiger partial charge >= 0.3 is 5.97 Å². The molecule has 61 heavy (non-hydrogen) atoms. The zero-order valence-corrected chi connectivity index (χ0v) is 41.1. The zero-order chi connectivity index (χ0) is 44.5. The monoisotopic (exact) mass is 860 g/mol. The average Bonchev–Trinajstić information content (AvgIpc) is 3.25. The first-order valence-electron chi connectivity index (χ1n) is 27.1. The third-order valence-corrected chi connectivity index (χ3v) is 12.6. The van der Waals surface area contributed by atoms with E-state index in [-0.39, 0.29) is 24.9 Å². The molecule has 0 aliphatic rings. The van der Waals surface area contributed by atoms with Crippen molar-refractivity contribution in [2.24, 2.45) is 0 Å². The minimum Gasteiger partial charge on any atom is -0.462 e. The number of amides is 1. The molecule has 0 fully saturated rings. The number of hydrogen-bond acceptors (Lipinski definition) is 5. The summed E-state index contributed by atoms with van der Waals surface area (Å²) >= 11 is 0. The standard InChI is InChI=1S/C55H105NO5/c1-4-7-10-13-16-19-22-25-27-29-32-35-38-41-44-47-53(58)52(50-57)56-54(59)49-51(46-43-40-37-34-31-28-24-21-18-15-12-9-6-3)61-55(60)48-45-42-39-36-33-30-26-23-20-17-14-11-8-5-2/h18,21,24,28,51-53,57-58H,4-17,19-20,22-23,25-27,29-50H2,1-3H3,(H,56,59)/b21-18+,28-24+. The largest absolute Gasteiger partial charge is 0.462 e.